The van der Waals surface area contributed by atoms with Crippen LogP contribution in [0.15, 0.2) is 77.7 Å². The van der Waals surface area contributed by atoms with Gasteiger partial charge in [-0.1, -0.05) is 48.0 Å². The number of methoxy groups -OCH3 is 1. The fourth-order valence-corrected chi connectivity index (χ4v) is 3.75. The van der Waals surface area contributed by atoms with E-state index in [1.54, 1.807) is 60.7 Å². The van der Waals surface area contributed by atoms with Gasteiger partial charge in [-0.15, -0.1) is 0 Å². The molecule has 1 saturated heterocycles. The number of esters is 2. The van der Waals surface area contributed by atoms with Crippen molar-refractivity contribution < 1.29 is 28.5 Å². The monoisotopic (exact) mass is 484 g/mol. The Morgan fingerprint density at radius 3 is 2.18 bits per heavy atom. The molecule has 4 rings (SSSR count). The highest BCUT2D eigenvalue weighted by molar-refractivity contribution is 6.29. The molecule has 34 heavy (non-hydrogen) atoms. The molecule has 1 fully saturated rings. The van der Waals surface area contributed by atoms with Gasteiger partial charge >= 0.3 is 17.6 Å². The van der Waals surface area contributed by atoms with E-state index < -0.39 is 42.2 Å². The molecular formula is C24H21ClN2O7. The molecule has 0 bridgehead atoms. The molecule has 10 heteroatoms. The number of rotatable bonds is 7. The van der Waals surface area contributed by atoms with Crippen LogP contribution in [0.1, 0.15) is 26.9 Å². The maximum Gasteiger partial charge on any atom is 0.351 e. The first-order chi connectivity index (χ1) is 16.5. The van der Waals surface area contributed by atoms with Crippen molar-refractivity contribution in [3.05, 3.63) is 99.7 Å². The lowest BCUT2D eigenvalue weighted by Crippen LogP contribution is -2.41. The number of halogens is 1. The fourth-order valence-electron chi connectivity index (χ4n) is 3.63. The van der Waals surface area contributed by atoms with Crippen molar-refractivity contribution in [3.8, 4) is 0 Å². The molecule has 9 nitrogen and oxygen atoms in total. The van der Waals surface area contributed by atoms with Crippen LogP contribution >= 0.6 is 11.6 Å². The van der Waals surface area contributed by atoms with E-state index in [0.717, 1.165) is 0 Å². The summed E-state index contributed by atoms with van der Waals surface area (Å²) in [6, 6.07) is 18.3. The maximum atomic E-state index is 12.8. The lowest BCUT2D eigenvalue weighted by molar-refractivity contribution is -0.0657. The van der Waals surface area contributed by atoms with Crippen LogP contribution in [0.3, 0.4) is 0 Å². The number of hydrogen-bond acceptors (Lipinski definition) is 8. The van der Waals surface area contributed by atoms with Crippen LogP contribution in [0.5, 0.6) is 0 Å². The van der Waals surface area contributed by atoms with Gasteiger partial charge in [0.25, 0.3) is 0 Å². The Hall–Kier alpha value is -3.53. The second-order valence-electron chi connectivity index (χ2n) is 7.41. The highest BCUT2D eigenvalue weighted by atomic mass is 35.5. The summed E-state index contributed by atoms with van der Waals surface area (Å²) in [7, 11) is 1.40. The number of aromatic nitrogens is 2. The SMILES string of the molecule is CO[C@@H]1[C@H](OC(=O)c2ccccc2)[C@@H](COC(=O)c2ccccc2)O[C@@H]1n1ccc(Cl)nc1=O. The van der Waals surface area contributed by atoms with Crippen LogP contribution in [0.4, 0.5) is 0 Å². The van der Waals surface area contributed by atoms with Gasteiger partial charge in [-0.3, -0.25) is 4.57 Å². The summed E-state index contributed by atoms with van der Waals surface area (Å²) in [5.74, 6) is -1.18. The third-order valence-corrected chi connectivity index (χ3v) is 5.48. The summed E-state index contributed by atoms with van der Waals surface area (Å²) < 4.78 is 23.9. The molecule has 0 N–H and O–H groups in total. The van der Waals surface area contributed by atoms with Crippen LogP contribution in [-0.4, -0.2) is 53.5 Å². The Morgan fingerprint density at radius 1 is 0.971 bits per heavy atom. The Morgan fingerprint density at radius 2 is 1.59 bits per heavy atom. The molecule has 2 heterocycles. The normalized spacial score (nSPS) is 21.7. The fraction of sp³-hybridized carbons (Fsp3) is 0.250. The van der Waals surface area contributed by atoms with Crippen LogP contribution in [-0.2, 0) is 18.9 Å². The predicted octanol–water partition coefficient (Wildman–Crippen LogP) is 2.89. The molecule has 0 unspecified atom stereocenters. The first-order valence-corrected chi connectivity index (χ1v) is 10.8. The summed E-state index contributed by atoms with van der Waals surface area (Å²) in [6.07, 6.45) is -2.40. The lowest BCUT2D eigenvalue weighted by atomic mass is 10.1. The molecule has 0 spiro atoms. The summed E-state index contributed by atoms with van der Waals surface area (Å²) in [6.45, 7) is -0.243. The van der Waals surface area contributed by atoms with Crippen LogP contribution < -0.4 is 5.69 Å². The van der Waals surface area contributed by atoms with E-state index in [4.69, 9.17) is 30.5 Å². The van der Waals surface area contributed by atoms with Crippen molar-refractivity contribution in [1.29, 1.82) is 0 Å². The molecule has 2 aromatic carbocycles. The van der Waals surface area contributed by atoms with Crippen LogP contribution in [0.25, 0.3) is 0 Å². The number of hydrogen-bond donors (Lipinski definition) is 0. The molecular weight excluding hydrogens is 464 g/mol. The minimum atomic E-state index is -1.00. The molecule has 4 atom stereocenters. The van der Waals surface area contributed by atoms with Gasteiger partial charge in [0.2, 0.25) is 0 Å². The largest absolute Gasteiger partial charge is 0.459 e. The number of nitrogens with zero attached hydrogens (tertiary/aromatic N) is 2. The molecule has 176 valence electrons. The zero-order chi connectivity index (χ0) is 24.1. The van der Waals surface area contributed by atoms with E-state index in [0.29, 0.717) is 11.1 Å². The van der Waals surface area contributed by atoms with Crippen molar-refractivity contribution in [2.45, 2.75) is 24.5 Å². The van der Waals surface area contributed by atoms with E-state index in [2.05, 4.69) is 4.98 Å². The molecule has 0 radical (unpaired) electrons. The van der Waals surface area contributed by atoms with Gasteiger partial charge in [-0.25, -0.2) is 14.4 Å². The van der Waals surface area contributed by atoms with Gasteiger partial charge in [0.15, 0.2) is 12.3 Å². The Kier molecular flexibility index (Phi) is 7.36. The number of carbonyl (C=O) groups is 2. The summed E-state index contributed by atoms with van der Waals surface area (Å²) in [5.41, 5.74) is 0.0112. The third kappa shape index (κ3) is 5.17. The minimum Gasteiger partial charge on any atom is -0.459 e. The van der Waals surface area contributed by atoms with E-state index in [-0.39, 0.29) is 11.8 Å². The zero-order valence-corrected chi connectivity index (χ0v) is 18.8. The molecule has 1 aromatic heterocycles. The Labute approximate surface area is 199 Å². The first kappa shape index (κ1) is 23.6. The van der Waals surface area contributed by atoms with Crippen molar-refractivity contribution >= 4 is 23.5 Å². The standard InChI is InChI=1S/C24H21ClN2O7/c1-31-20-19(34-23(29)16-10-6-3-7-11-16)17(14-32-22(28)15-8-4-2-5-9-15)33-21(20)27-13-12-18(25)26-24(27)30/h2-13,17,19-21H,14H2,1H3/t17-,19-,20-,21+/m1/s1. The third-order valence-electron chi connectivity index (χ3n) is 5.27. The zero-order valence-electron chi connectivity index (χ0n) is 18.1. The van der Waals surface area contributed by atoms with Crippen LogP contribution in [0, 0.1) is 0 Å². The second-order valence-corrected chi connectivity index (χ2v) is 7.79. The molecule has 0 amide bonds. The van der Waals surface area contributed by atoms with E-state index >= 15 is 0 Å². The predicted molar refractivity (Wildman–Crippen MR) is 121 cm³/mol. The molecule has 0 saturated carbocycles. The van der Waals surface area contributed by atoms with Gasteiger partial charge in [0.1, 0.15) is 24.0 Å². The van der Waals surface area contributed by atoms with Crippen molar-refractivity contribution in [2.75, 3.05) is 13.7 Å². The van der Waals surface area contributed by atoms with Crippen LogP contribution in [0.2, 0.25) is 5.15 Å². The number of carbonyl (C=O) groups excluding carboxylic acids is 2. The summed E-state index contributed by atoms with van der Waals surface area (Å²) >= 11 is 5.81. The molecule has 1 aliphatic heterocycles. The van der Waals surface area contributed by atoms with Crippen molar-refractivity contribution in [2.24, 2.45) is 0 Å². The van der Waals surface area contributed by atoms with Gasteiger partial charge in [0.05, 0.1) is 11.1 Å². The summed E-state index contributed by atoms with van der Waals surface area (Å²) in [4.78, 5) is 41.4. The molecule has 0 aliphatic carbocycles. The number of ether oxygens (including phenoxy) is 4. The molecule has 3 aromatic rings. The van der Waals surface area contributed by atoms with Gasteiger partial charge in [-0.05, 0) is 30.3 Å². The lowest BCUT2D eigenvalue weighted by Gasteiger charge is -2.23. The topological polar surface area (TPSA) is 106 Å². The minimum absolute atomic E-state index is 0.0219. The van der Waals surface area contributed by atoms with E-state index in [1.807, 2.05) is 0 Å². The van der Waals surface area contributed by atoms with E-state index in [9.17, 15) is 14.4 Å². The average Bonchev–Trinajstić information content (AvgIpc) is 3.20. The Bertz CT molecular complexity index is 1200. The van der Waals surface area contributed by atoms with Gasteiger partial charge < -0.3 is 18.9 Å². The summed E-state index contributed by atoms with van der Waals surface area (Å²) in [5, 5.41) is 0.0219. The van der Waals surface area contributed by atoms with Gasteiger partial charge in [0, 0.05) is 13.3 Å². The van der Waals surface area contributed by atoms with Gasteiger partial charge in [-0.2, -0.15) is 4.98 Å². The molecule has 1 aliphatic rings. The second kappa shape index (κ2) is 10.6. The maximum absolute atomic E-state index is 12.8. The van der Waals surface area contributed by atoms with E-state index in [1.165, 1.54) is 23.9 Å². The average molecular weight is 485 g/mol. The smallest absolute Gasteiger partial charge is 0.351 e. The number of benzene rings is 2. The highest BCUT2D eigenvalue weighted by Crippen LogP contribution is 2.33. The van der Waals surface area contributed by atoms with Crippen molar-refractivity contribution in [1.82, 2.24) is 9.55 Å². The Balaban J connectivity index is 1.59. The quantitative estimate of drug-likeness (QED) is 0.372. The highest BCUT2D eigenvalue weighted by Gasteiger charge is 2.49. The van der Waals surface area contributed by atoms with Crippen molar-refractivity contribution in [3.63, 3.8) is 0 Å². The first-order valence-electron chi connectivity index (χ1n) is 10.4.